The minimum absolute atomic E-state index is 0.0650. The zero-order valence-corrected chi connectivity index (χ0v) is 7.65. The van der Waals surface area contributed by atoms with Crippen LogP contribution in [0.15, 0.2) is 0 Å². The van der Waals surface area contributed by atoms with Crippen molar-refractivity contribution in [3.8, 4) is 0 Å². The molecular weight excluding hydrogens is 160 g/mol. The second-order valence-corrected chi connectivity index (χ2v) is 3.07. The molecule has 12 heavy (non-hydrogen) atoms. The molecule has 0 aliphatic heterocycles. The molecule has 72 valence electrons. The zero-order valence-electron chi connectivity index (χ0n) is 7.65. The molecule has 0 unspecified atom stereocenters. The van der Waals surface area contributed by atoms with Gasteiger partial charge in [-0.15, -0.1) is 0 Å². The highest BCUT2D eigenvalue weighted by molar-refractivity contribution is 5.51. The first kappa shape index (κ1) is 11.6. The van der Waals surface area contributed by atoms with Crippen molar-refractivity contribution in [1.82, 2.24) is 0 Å². The number of aldehydes is 1. The van der Waals surface area contributed by atoms with E-state index in [0.717, 1.165) is 0 Å². The largest absolute Gasteiger partial charge is 0.391 e. The molecule has 0 aliphatic carbocycles. The number of aliphatic hydroxyl groups is 2. The first-order valence-corrected chi connectivity index (χ1v) is 3.83. The molecule has 0 saturated heterocycles. The van der Waals surface area contributed by atoms with Gasteiger partial charge in [-0.25, -0.2) is 0 Å². The quantitative estimate of drug-likeness (QED) is 0.565. The summed E-state index contributed by atoms with van der Waals surface area (Å²) in [4.78, 5) is 10.2. The molecular formula is C8H16O4. The minimum Gasteiger partial charge on any atom is -0.391 e. The summed E-state index contributed by atoms with van der Waals surface area (Å²) in [6, 6.07) is 0. The number of rotatable bonds is 5. The second kappa shape index (κ2) is 4.54. The van der Waals surface area contributed by atoms with E-state index in [2.05, 4.69) is 0 Å². The van der Waals surface area contributed by atoms with Crippen LogP contribution in [0.1, 0.15) is 20.3 Å². The van der Waals surface area contributed by atoms with E-state index in [-0.39, 0.29) is 6.42 Å². The number of aliphatic hydroxyl groups excluding tert-OH is 2. The average Bonchev–Trinajstić information content (AvgIpc) is 2.03. The molecule has 0 aromatic rings. The molecule has 4 nitrogen and oxygen atoms in total. The molecule has 0 saturated carbocycles. The van der Waals surface area contributed by atoms with Crippen molar-refractivity contribution in [3.63, 3.8) is 0 Å². The molecule has 3 atom stereocenters. The SMILES string of the molecule is CO[C@@](C)(CC=O)[C@H](O)[C@@H](C)O. The van der Waals surface area contributed by atoms with Gasteiger partial charge in [0.1, 0.15) is 12.4 Å². The standard InChI is InChI=1S/C8H16O4/c1-6(10)7(11)8(2,12-3)4-5-9/h5-7,10-11H,4H2,1-3H3/t6-,7-,8+/m1/s1. The van der Waals surface area contributed by atoms with Crippen LogP contribution in [-0.4, -0.2) is 41.4 Å². The molecule has 0 amide bonds. The molecule has 0 bridgehead atoms. The van der Waals surface area contributed by atoms with Gasteiger partial charge in [-0.05, 0) is 13.8 Å². The first-order chi connectivity index (χ1) is 5.48. The summed E-state index contributed by atoms with van der Waals surface area (Å²) >= 11 is 0. The molecule has 0 heterocycles. The fourth-order valence-corrected chi connectivity index (χ4v) is 1.00. The summed E-state index contributed by atoms with van der Waals surface area (Å²) in [6.07, 6.45) is -1.23. The maximum Gasteiger partial charge on any atom is 0.122 e. The van der Waals surface area contributed by atoms with Gasteiger partial charge < -0.3 is 19.7 Å². The minimum atomic E-state index is -1.05. The van der Waals surface area contributed by atoms with Gasteiger partial charge in [0.15, 0.2) is 0 Å². The molecule has 0 fully saturated rings. The lowest BCUT2D eigenvalue weighted by Gasteiger charge is -2.33. The van der Waals surface area contributed by atoms with Crippen LogP contribution in [0.5, 0.6) is 0 Å². The van der Waals surface area contributed by atoms with Gasteiger partial charge in [0.2, 0.25) is 0 Å². The van der Waals surface area contributed by atoms with E-state index in [1.54, 1.807) is 6.92 Å². The third-order valence-corrected chi connectivity index (χ3v) is 2.04. The van der Waals surface area contributed by atoms with Gasteiger partial charge in [0.05, 0.1) is 11.7 Å². The summed E-state index contributed by atoms with van der Waals surface area (Å²) in [5, 5.41) is 18.5. The van der Waals surface area contributed by atoms with Crippen LogP contribution < -0.4 is 0 Å². The topological polar surface area (TPSA) is 66.8 Å². The van der Waals surface area contributed by atoms with Crippen molar-refractivity contribution in [2.24, 2.45) is 0 Å². The molecule has 2 N–H and O–H groups in total. The van der Waals surface area contributed by atoms with Crippen LogP contribution in [0, 0.1) is 0 Å². The molecule has 4 heteroatoms. The van der Waals surface area contributed by atoms with E-state index < -0.39 is 17.8 Å². The fourth-order valence-electron chi connectivity index (χ4n) is 1.00. The lowest BCUT2D eigenvalue weighted by Crippen LogP contribution is -2.47. The Hall–Kier alpha value is -0.450. The molecule has 0 radical (unpaired) electrons. The summed E-state index contributed by atoms with van der Waals surface area (Å²) in [5.74, 6) is 0. The predicted octanol–water partition coefficient (Wildman–Crippen LogP) is -0.278. The van der Waals surface area contributed by atoms with Crippen molar-refractivity contribution >= 4 is 6.29 Å². The number of carbonyl (C=O) groups excluding carboxylic acids is 1. The van der Waals surface area contributed by atoms with Crippen LogP contribution in [0.3, 0.4) is 0 Å². The van der Waals surface area contributed by atoms with Gasteiger partial charge in [-0.3, -0.25) is 0 Å². The maximum atomic E-state index is 10.2. The van der Waals surface area contributed by atoms with Crippen molar-refractivity contribution in [3.05, 3.63) is 0 Å². The smallest absolute Gasteiger partial charge is 0.122 e. The van der Waals surface area contributed by atoms with Crippen molar-refractivity contribution in [1.29, 1.82) is 0 Å². The Morgan fingerprint density at radius 2 is 2.08 bits per heavy atom. The molecule has 0 aliphatic rings. The van der Waals surface area contributed by atoms with Crippen molar-refractivity contribution in [2.75, 3.05) is 7.11 Å². The van der Waals surface area contributed by atoms with Crippen molar-refractivity contribution in [2.45, 2.75) is 38.1 Å². The van der Waals surface area contributed by atoms with Crippen molar-refractivity contribution < 1.29 is 19.7 Å². The highest BCUT2D eigenvalue weighted by Gasteiger charge is 2.35. The van der Waals surface area contributed by atoms with E-state index >= 15 is 0 Å². The van der Waals surface area contributed by atoms with E-state index in [1.165, 1.54) is 14.0 Å². The van der Waals surface area contributed by atoms with Gasteiger partial charge in [-0.1, -0.05) is 0 Å². The maximum absolute atomic E-state index is 10.2. The number of ether oxygens (including phenoxy) is 1. The molecule has 0 aromatic heterocycles. The van der Waals surface area contributed by atoms with Crippen LogP contribution >= 0.6 is 0 Å². The highest BCUT2D eigenvalue weighted by atomic mass is 16.5. The average molecular weight is 176 g/mol. The lowest BCUT2D eigenvalue weighted by molar-refractivity contribution is -0.141. The number of hydrogen-bond acceptors (Lipinski definition) is 4. The Bertz CT molecular complexity index is 146. The third-order valence-electron chi connectivity index (χ3n) is 2.04. The molecule has 0 spiro atoms. The van der Waals surface area contributed by atoms with E-state index in [9.17, 15) is 9.90 Å². The van der Waals surface area contributed by atoms with Crippen LogP contribution in [0.2, 0.25) is 0 Å². The highest BCUT2D eigenvalue weighted by Crippen LogP contribution is 2.20. The Morgan fingerprint density at radius 3 is 2.33 bits per heavy atom. The van der Waals surface area contributed by atoms with Crippen LogP contribution in [-0.2, 0) is 9.53 Å². The van der Waals surface area contributed by atoms with Gasteiger partial charge >= 0.3 is 0 Å². The number of carbonyl (C=O) groups is 1. The van der Waals surface area contributed by atoms with Crippen LogP contribution in [0.4, 0.5) is 0 Å². The third kappa shape index (κ3) is 2.55. The van der Waals surface area contributed by atoms with Crippen LogP contribution in [0.25, 0.3) is 0 Å². The van der Waals surface area contributed by atoms with E-state index in [4.69, 9.17) is 9.84 Å². The Kier molecular flexibility index (Phi) is 4.37. The summed E-state index contributed by atoms with van der Waals surface area (Å²) in [5.41, 5.74) is -0.990. The van der Waals surface area contributed by atoms with Gasteiger partial charge in [0, 0.05) is 13.5 Å². The lowest BCUT2D eigenvalue weighted by atomic mass is 9.92. The Labute approximate surface area is 72.2 Å². The summed E-state index contributed by atoms with van der Waals surface area (Å²) in [6.45, 7) is 3.03. The summed E-state index contributed by atoms with van der Waals surface area (Å²) < 4.78 is 4.96. The Morgan fingerprint density at radius 1 is 1.58 bits per heavy atom. The second-order valence-electron chi connectivity index (χ2n) is 3.07. The van der Waals surface area contributed by atoms with E-state index in [1.807, 2.05) is 0 Å². The molecule has 0 aromatic carbocycles. The molecule has 0 rings (SSSR count). The van der Waals surface area contributed by atoms with Gasteiger partial charge in [-0.2, -0.15) is 0 Å². The number of methoxy groups -OCH3 is 1. The zero-order chi connectivity index (χ0) is 9.78. The Balaban J connectivity index is 4.38. The number of hydrogen-bond donors (Lipinski definition) is 2. The fraction of sp³-hybridized carbons (Fsp3) is 0.875. The predicted molar refractivity (Wildman–Crippen MR) is 43.8 cm³/mol. The summed E-state index contributed by atoms with van der Waals surface area (Å²) in [7, 11) is 1.40. The first-order valence-electron chi connectivity index (χ1n) is 3.83. The monoisotopic (exact) mass is 176 g/mol. The normalized spacial score (nSPS) is 21.1. The van der Waals surface area contributed by atoms with E-state index in [0.29, 0.717) is 6.29 Å². The van der Waals surface area contributed by atoms with Gasteiger partial charge in [0.25, 0.3) is 0 Å².